The van der Waals surface area contributed by atoms with E-state index in [1.807, 2.05) is 11.7 Å². The molecule has 3 rings (SSSR count). The standard InChI is InChI=1S/C16H28N4O/c1-11-15(16(21-3)19(2)18-11)14(8-17)20(9-12-4-5-12)10-13-6-7-13/h12-14H,4-10,17H2,1-3H3. The number of hydrogen-bond donors (Lipinski definition) is 1. The molecule has 1 atom stereocenters. The van der Waals surface area contributed by atoms with E-state index >= 15 is 0 Å². The molecule has 0 radical (unpaired) electrons. The van der Waals surface area contributed by atoms with E-state index in [-0.39, 0.29) is 6.04 Å². The molecule has 1 heterocycles. The lowest BCUT2D eigenvalue weighted by Crippen LogP contribution is -2.37. The first-order valence-electron chi connectivity index (χ1n) is 8.15. The van der Waals surface area contributed by atoms with Crippen LogP contribution in [0.5, 0.6) is 5.88 Å². The highest BCUT2D eigenvalue weighted by molar-refractivity contribution is 5.34. The van der Waals surface area contributed by atoms with Gasteiger partial charge in [0.05, 0.1) is 24.4 Å². The fraction of sp³-hybridized carbons (Fsp3) is 0.812. The molecule has 5 nitrogen and oxygen atoms in total. The van der Waals surface area contributed by atoms with Crippen molar-refractivity contribution < 1.29 is 4.74 Å². The molecule has 1 unspecified atom stereocenters. The summed E-state index contributed by atoms with van der Waals surface area (Å²) in [6.07, 6.45) is 5.51. The van der Waals surface area contributed by atoms with Gasteiger partial charge in [-0.3, -0.25) is 4.90 Å². The molecule has 5 heteroatoms. The van der Waals surface area contributed by atoms with E-state index in [1.165, 1.54) is 44.3 Å². The molecule has 118 valence electrons. The zero-order chi connectivity index (χ0) is 15.0. The second-order valence-electron chi connectivity index (χ2n) is 6.72. The summed E-state index contributed by atoms with van der Waals surface area (Å²) in [5.74, 6) is 2.61. The molecule has 2 aliphatic rings. The summed E-state index contributed by atoms with van der Waals surface area (Å²) in [5, 5.41) is 4.53. The molecular formula is C16H28N4O. The Bertz CT molecular complexity index is 477. The van der Waals surface area contributed by atoms with Gasteiger partial charge in [-0.15, -0.1) is 0 Å². The fourth-order valence-corrected chi connectivity index (χ4v) is 3.32. The van der Waals surface area contributed by atoms with Crippen LogP contribution < -0.4 is 10.5 Å². The Labute approximate surface area is 127 Å². The third-order valence-corrected chi connectivity index (χ3v) is 4.78. The Kier molecular flexibility index (Phi) is 4.22. The van der Waals surface area contributed by atoms with Crippen LogP contribution >= 0.6 is 0 Å². The van der Waals surface area contributed by atoms with Gasteiger partial charge in [0.2, 0.25) is 5.88 Å². The van der Waals surface area contributed by atoms with Gasteiger partial charge in [-0.05, 0) is 44.4 Å². The minimum absolute atomic E-state index is 0.231. The molecule has 0 amide bonds. The van der Waals surface area contributed by atoms with Crippen LogP contribution in [0.25, 0.3) is 0 Å². The molecule has 21 heavy (non-hydrogen) atoms. The van der Waals surface area contributed by atoms with E-state index in [9.17, 15) is 0 Å². The number of rotatable bonds is 8. The minimum Gasteiger partial charge on any atom is -0.481 e. The number of aryl methyl sites for hydroxylation is 2. The average molecular weight is 292 g/mol. The maximum absolute atomic E-state index is 6.17. The van der Waals surface area contributed by atoms with E-state index < -0.39 is 0 Å². The van der Waals surface area contributed by atoms with Gasteiger partial charge in [0, 0.05) is 26.7 Å². The Morgan fingerprint density at radius 1 is 1.29 bits per heavy atom. The lowest BCUT2D eigenvalue weighted by Gasteiger charge is -2.31. The topological polar surface area (TPSA) is 56.3 Å². The number of nitrogens with two attached hydrogens (primary N) is 1. The van der Waals surface area contributed by atoms with Crippen molar-refractivity contribution in [3.8, 4) is 5.88 Å². The summed E-state index contributed by atoms with van der Waals surface area (Å²) in [6, 6.07) is 0.231. The molecule has 2 N–H and O–H groups in total. The van der Waals surface area contributed by atoms with Crippen LogP contribution in [0.2, 0.25) is 0 Å². The van der Waals surface area contributed by atoms with Crippen LogP contribution in [0, 0.1) is 18.8 Å². The van der Waals surface area contributed by atoms with Crippen molar-refractivity contribution in [2.75, 3.05) is 26.7 Å². The summed E-state index contributed by atoms with van der Waals surface area (Å²) in [7, 11) is 3.66. The number of ether oxygens (including phenoxy) is 1. The minimum atomic E-state index is 0.231. The van der Waals surface area contributed by atoms with E-state index in [2.05, 4.69) is 16.9 Å². The monoisotopic (exact) mass is 292 g/mol. The highest BCUT2D eigenvalue weighted by Gasteiger charge is 2.35. The molecule has 2 fully saturated rings. The normalized spacial score (nSPS) is 20.0. The molecular weight excluding hydrogens is 264 g/mol. The third kappa shape index (κ3) is 3.24. The third-order valence-electron chi connectivity index (χ3n) is 4.78. The van der Waals surface area contributed by atoms with Gasteiger partial charge in [0.15, 0.2) is 0 Å². The Balaban J connectivity index is 1.86. The van der Waals surface area contributed by atoms with Gasteiger partial charge in [-0.2, -0.15) is 5.10 Å². The molecule has 1 aromatic heterocycles. The fourth-order valence-electron chi connectivity index (χ4n) is 3.32. The second-order valence-corrected chi connectivity index (χ2v) is 6.72. The van der Waals surface area contributed by atoms with Crippen molar-refractivity contribution in [1.82, 2.24) is 14.7 Å². The maximum Gasteiger partial charge on any atom is 0.216 e. The van der Waals surface area contributed by atoms with Crippen LogP contribution in [0.1, 0.15) is 43.0 Å². The summed E-state index contributed by atoms with van der Waals surface area (Å²) >= 11 is 0. The first-order valence-corrected chi connectivity index (χ1v) is 8.15. The van der Waals surface area contributed by atoms with Crippen molar-refractivity contribution in [3.05, 3.63) is 11.3 Å². The van der Waals surface area contributed by atoms with Crippen LogP contribution in [0.15, 0.2) is 0 Å². The zero-order valence-corrected chi connectivity index (χ0v) is 13.5. The predicted molar refractivity (Wildman–Crippen MR) is 83.3 cm³/mol. The summed E-state index contributed by atoms with van der Waals surface area (Å²) < 4.78 is 7.42. The van der Waals surface area contributed by atoms with Gasteiger partial charge in [0.25, 0.3) is 0 Å². The summed E-state index contributed by atoms with van der Waals surface area (Å²) in [5.41, 5.74) is 8.39. The Morgan fingerprint density at radius 2 is 1.86 bits per heavy atom. The highest BCUT2D eigenvalue weighted by Crippen LogP contribution is 2.39. The maximum atomic E-state index is 6.17. The molecule has 0 spiro atoms. The molecule has 0 saturated heterocycles. The zero-order valence-electron chi connectivity index (χ0n) is 13.5. The van der Waals surface area contributed by atoms with Crippen LogP contribution in [-0.2, 0) is 7.05 Å². The largest absolute Gasteiger partial charge is 0.481 e. The van der Waals surface area contributed by atoms with E-state index in [4.69, 9.17) is 10.5 Å². The van der Waals surface area contributed by atoms with E-state index in [1.54, 1.807) is 7.11 Å². The lowest BCUT2D eigenvalue weighted by molar-refractivity contribution is 0.180. The SMILES string of the molecule is COc1c(C(CN)N(CC2CC2)CC2CC2)c(C)nn1C. The van der Waals surface area contributed by atoms with Crippen LogP contribution in [0.3, 0.4) is 0 Å². The molecule has 1 aromatic rings. The molecule has 2 saturated carbocycles. The first kappa shape index (κ1) is 14.9. The number of aromatic nitrogens is 2. The summed E-state index contributed by atoms with van der Waals surface area (Å²) in [4.78, 5) is 2.60. The second kappa shape index (κ2) is 5.97. The number of hydrogen-bond acceptors (Lipinski definition) is 4. The molecule has 0 aromatic carbocycles. The van der Waals surface area contributed by atoms with Gasteiger partial charge in [0.1, 0.15) is 0 Å². The van der Waals surface area contributed by atoms with Gasteiger partial charge in [-0.25, -0.2) is 4.68 Å². The van der Waals surface area contributed by atoms with Crippen molar-refractivity contribution in [2.45, 2.75) is 38.6 Å². The van der Waals surface area contributed by atoms with Crippen molar-refractivity contribution >= 4 is 0 Å². The van der Waals surface area contributed by atoms with Crippen molar-refractivity contribution in [2.24, 2.45) is 24.6 Å². The van der Waals surface area contributed by atoms with Gasteiger partial charge < -0.3 is 10.5 Å². The Hall–Kier alpha value is -1.07. The van der Waals surface area contributed by atoms with Crippen molar-refractivity contribution in [3.63, 3.8) is 0 Å². The molecule has 0 aliphatic heterocycles. The molecule has 2 aliphatic carbocycles. The lowest BCUT2D eigenvalue weighted by atomic mass is 10.0. The quantitative estimate of drug-likeness (QED) is 0.794. The van der Waals surface area contributed by atoms with Crippen molar-refractivity contribution in [1.29, 1.82) is 0 Å². The predicted octanol–water partition coefficient (Wildman–Crippen LogP) is 1.86. The molecule has 0 bridgehead atoms. The smallest absolute Gasteiger partial charge is 0.216 e. The average Bonchev–Trinajstić information content (AvgIpc) is 3.34. The van der Waals surface area contributed by atoms with Gasteiger partial charge in [-0.1, -0.05) is 0 Å². The van der Waals surface area contributed by atoms with Crippen LogP contribution in [-0.4, -0.2) is 41.4 Å². The van der Waals surface area contributed by atoms with Crippen LogP contribution in [0.4, 0.5) is 0 Å². The number of methoxy groups -OCH3 is 1. The summed E-state index contributed by atoms with van der Waals surface area (Å²) in [6.45, 7) is 5.04. The Morgan fingerprint density at radius 3 is 2.29 bits per heavy atom. The van der Waals surface area contributed by atoms with E-state index in [0.717, 1.165) is 23.4 Å². The van der Waals surface area contributed by atoms with Gasteiger partial charge >= 0.3 is 0 Å². The van der Waals surface area contributed by atoms with E-state index in [0.29, 0.717) is 6.54 Å². The number of nitrogens with zero attached hydrogens (tertiary/aromatic N) is 3. The first-order chi connectivity index (χ1) is 10.1. The highest BCUT2D eigenvalue weighted by atomic mass is 16.5.